The van der Waals surface area contributed by atoms with Crippen molar-refractivity contribution >= 4 is 75.8 Å². The molecule has 0 radical (unpaired) electrons. The Morgan fingerprint density at radius 2 is 1.23 bits per heavy atom. The molecule has 0 aromatic heterocycles. The molecule has 0 fully saturated rings. The van der Waals surface area contributed by atoms with E-state index in [1.807, 2.05) is 0 Å². The summed E-state index contributed by atoms with van der Waals surface area (Å²) in [4.78, 5) is 11.2. The molecule has 13 heavy (non-hydrogen) atoms. The quantitative estimate of drug-likeness (QED) is 0.179. The standard InChI is InChI=1S/2C2H2As3.2ClH.Zr/c2*1-2-4-5-3-1;;;/h2*1,3H;2*1H;/q2*-1;;;+4/p-2. The van der Waals surface area contributed by atoms with Gasteiger partial charge in [-0.05, 0) is 0 Å². The van der Waals surface area contributed by atoms with Crippen LogP contribution in [-0.4, -0.2) is 75.8 Å². The molecule has 0 aromatic rings. The number of hydrogen-bond acceptors (Lipinski definition) is 0. The van der Waals surface area contributed by atoms with Gasteiger partial charge in [-0.3, -0.25) is 0 Å². The van der Waals surface area contributed by atoms with Crippen molar-refractivity contribution in [2.24, 2.45) is 0 Å². The molecule has 0 N–H and O–H groups in total. The third-order valence-electron chi connectivity index (χ3n) is 0.589. The van der Waals surface area contributed by atoms with E-state index < -0.39 is 0 Å². The molecule has 2 aliphatic rings. The Balaban J connectivity index is -0.000000125. The van der Waals surface area contributed by atoms with Gasteiger partial charge in [0.25, 0.3) is 0 Å². The van der Waals surface area contributed by atoms with Gasteiger partial charge in [-0.15, -0.1) is 0 Å². The second kappa shape index (κ2) is 18.7. The first kappa shape index (κ1) is 22.5. The van der Waals surface area contributed by atoms with E-state index in [-0.39, 0.29) is 51.0 Å². The zero-order chi connectivity index (χ0) is 7.07. The molecular weight excluding hydrogens is 660 g/mol. The van der Waals surface area contributed by atoms with Gasteiger partial charge in [-0.1, -0.05) is 0 Å². The average molecular weight is 664 g/mol. The van der Waals surface area contributed by atoms with Crippen LogP contribution in [0.2, 0.25) is 0 Å². The molecule has 2 rings (SSSR count). The Morgan fingerprint density at radius 3 is 1.31 bits per heavy atom. The largest absolute Gasteiger partial charge is 4.00 e. The van der Waals surface area contributed by atoms with Crippen LogP contribution < -0.4 is 24.8 Å². The fraction of sp³-hybridized carbons (Fsp3) is 0. The van der Waals surface area contributed by atoms with Crippen LogP contribution >= 0.6 is 0 Å². The minimum Gasteiger partial charge on any atom is -1.00 e. The summed E-state index contributed by atoms with van der Waals surface area (Å²) in [5.74, 6) is 0. The third-order valence-corrected chi connectivity index (χ3v) is 40.3. The normalized spacial score (nSPS) is 22.2. The van der Waals surface area contributed by atoms with Gasteiger partial charge in [-0.2, -0.15) is 0 Å². The fourth-order valence-electron chi connectivity index (χ4n) is 0.289. The van der Waals surface area contributed by atoms with Crippen molar-refractivity contribution in [2.75, 3.05) is 0 Å². The molecule has 0 amide bonds. The summed E-state index contributed by atoms with van der Waals surface area (Å²) in [6.45, 7) is 0. The van der Waals surface area contributed by atoms with Crippen LogP contribution in [0.15, 0.2) is 9.73 Å². The summed E-state index contributed by atoms with van der Waals surface area (Å²) in [6.07, 6.45) is 0. The first-order valence-corrected chi connectivity index (χ1v) is 28.8. The maximum absolute atomic E-state index is 3.29. The van der Waals surface area contributed by atoms with E-state index in [9.17, 15) is 0 Å². The second-order valence-corrected chi connectivity index (χ2v) is 43.3. The Bertz CT molecular complexity index is 161. The van der Waals surface area contributed by atoms with Gasteiger partial charge in [0.2, 0.25) is 0 Å². The van der Waals surface area contributed by atoms with Crippen molar-refractivity contribution in [3.8, 4) is 0 Å². The number of rotatable bonds is 0. The summed E-state index contributed by atoms with van der Waals surface area (Å²) in [6, 6.07) is 0. The van der Waals surface area contributed by atoms with Crippen molar-refractivity contribution in [3.05, 3.63) is 19.5 Å². The number of hydrogen-bond donors (Lipinski definition) is 0. The smallest absolute Gasteiger partial charge is 1.00 e. The second-order valence-electron chi connectivity index (χ2n) is 1.21. The van der Waals surface area contributed by atoms with Crippen molar-refractivity contribution in [1.29, 1.82) is 0 Å². The summed E-state index contributed by atoms with van der Waals surface area (Å²) in [5, 5.41) is 0. The fourth-order valence-corrected chi connectivity index (χ4v) is 40.5. The van der Waals surface area contributed by atoms with Crippen molar-refractivity contribution in [3.63, 3.8) is 0 Å². The Hall–Kier alpha value is 4.29. The van der Waals surface area contributed by atoms with Crippen molar-refractivity contribution in [2.45, 2.75) is 0 Å². The van der Waals surface area contributed by atoms with Crippen LogP contribution in [0.5, 0.6) is 0 Å². The van der Waals surface area contributed by atoms with Gasteiger partial charge in [0.1, 0.15) is 0 Å². The van der Waals surface area contributed by atoms with E-state index in [0.717, 1.165) is 22.1 Å². The van der Waals surface area contributed by atoms with Crippen LogP contribution in [0.4, 0.5) is 0 Å². The average Bonchev–Trinajstić information content (AvgIpc) is 2.67. The Morgan fingerprint density at radius 1 is 0.846 bits per heavy atom. The first-order chi connectivity index (χ1) is 5.00. The van der Waals surface area contributed by atoms with E-state index in [1.54, 1.807) is 0 Å². The van der Waals surface area contributed by atoms with Gasteiger partial charge in [0.15, 0.2) is 0 Å². The molecule has 0 nitrogen and oxygen atoms in total. The molecule has 0 saturated heterocycles. The molecule has 0 saturated carbocycles. The van der Waals surface area contributed by atoms with Crippen LogP contribution in [0, 0.1) is 9.73 Å². The molecule has 2 atom stereocenters. The maximum atomic E-state index is 3.29. The monoisotopic (exact) mass is 661 g/mol. The zero-order valence-corrected chi connectivity index (χ0v) is 21.9. The maximum Gasteiger partial charge on any atom is 4.00 e. The SMILES string of the molecule is [C-]1=C[AsH][As]=[As]1.[C-]1=C[AsH][As]=[As]1.[Cl-].[Cl-].[Zr+4]. The van der Waals surface area contributed by atoms with E-state index in [2.05, 4.69) is 19.5 Å². The van der Waals surface area contributed by atoms with E-state index in [0.29, 0.717) is 53.6 Å². The molecule has 2 heterocycles. The predicted octanol–water partition coefficient (Wildman–Crippen LogP) is -8.10. The van der Waals surface area contributed by atoms with Gasteiger partial charge >= 0.3 is 121 Å². The topological polar surface area (TPSA) is 0 Å². The van der Waals surface area contributed by atoms with E-state index in [1.165, 1.54) is 0 Å². The molecule has 0 aromatic carbocycles. The Labute approximate surface area is 143 Å². The van der Waals surface area contributed by atoms with Crippen LogP contribution in [0.25, 0.3) is 0 Å². The predicted molar refractivity (Wildman–Crippen MR) is 52.9 cm³/mol. The number of halogens is 2. The molecule has 0 aliphatic carbocycles. The van der Waals surface area contributed by atoms with Crippen LogP contribution in [0.1, 0.15) is 0 Å². The van der Waals surface area contributed by atoms with Gasteiger partial charge in [-0.25, -0.2) is 0 Å². The summed E-state index contributed by atoms with van der Waals surface area (Å²) in [5.41, 5.74) is 0. The molecule has 9 heteroatoms. The molecule has 2 aliphatic heterocycles. The van der Waals surface area contributed by atoms with Crippen LogP contribution in [0.3, 0.4) is 0 Å². The molecular formula is C4H4As6Cl2Zr. The summed E-state index contributed by atoms with van der Waals surface area (Å²) in [7, 11) is 0. The molecule has 0 bridgehead atoms. The van der Waals surface area contributed by atoms with E-state index in [4.69, 9.17) is 0 Å². The molecule has 68 valence electrons. The van der Waals surface area contributed by atoms with E-state index >= 15 is 0 Å². The Kier molecular flexibility index (Phi) is 32.2. The van der Waals surface area contributed by atoms with Crippen LogP contribution in [-0.2, 0) is 26.2 Å². The summed E-state index contributed by atoms with van der Waals surface area (Å²) >= 11 is 4.28. The van der Waals surface area contributed by atoms with Crippen molar-refractivity contribution in [1.82, 2.24) is 0 Å². The minimum absolute atomic E-state index is 0. The third kappa shape index (κ3) is 16.3. The first-order valence-electron chi connectivity index (χ1n) is 2.45. The van der Waals surface area contributed by atoms with Gasteiger partial charge in [0.05, 0.1) is 0 Å². The zero-order valence-electron chi connectivity index (χ0n) is 6.20. The van der Waals surface area contributed by atoms with Crippen molar-refractivity contribution < 1.29 is 51.0 Å². The molecule has 2 unspecified atom stereocenters. The molecule has 0 spiro atoms. The van der Waals surface area contributed by atoms with Gasteiger partial charge < -0.3 is 24.8 Å². The van der Waals surface area contributed by atoms with Gasteiger partial charge in [0, 0.05) is 0 Å². The summed E-state index contributed by atoms with van der Waals surface area (Å²) < 4.78 is 0. The minimum atomic E-state index is 0.